The van der Waals surface area contributed by atoms with E-state index in [0.29, 0.717) is 22.2 Å². The lowest BCUT2D eigenvalue weighted by molar-refractivity contribution is -0.138. The lowest BCUT2D eigenvalue weighted by Crippen LogP contribution is -2.48. The van der Waals surface area contributed by atoms with E-state index in [-0.39, 0.29) is 24.1 Å². The average molecular weight is 481 g/mol. The number of nitrogens with zero attached hydrogens (tertiary/aromatic N) is 1. The van der Waals surface area contributed by atoms with Crippen molar-refractivity contribution in [2.45, 2.75) is 52.5 Å². The number of hydrogen-bond donors (Lipinski definition) is 1. The molecule has 2 rings (SSSR count). The van der Waals surface area contributed by atoms with E-state index in [1.807, 2.05) is 6.92 Å². The topological polar surface area (TPSA) is 49.4 Å². The Balaban J connectivity index is 2.14. The summed E-state index contributed by atoms with van der Waals surface area (Å²) in [5.74, 6) is 0.688. The van der Waals surface area contributed by atoms with E-state index in [1.165, 1.54) is 28.5 Å². The van der Waals surface area contributed by atoms with Crippen LogP contribution in [0.1, 0.15) is 42.5 Å². The molecule has 4 nitrogen and oxygen atoms in total. The number of thioether (sulfide) groups is 1. The lowest BCUT2D eigenvalue weighted by Gasteiger charge is -2.29. The lowest BCUT2D eigenvalue weighted by atomic mass is 10.1. The third kappa shape index (κ3) is 7.74. The Labute approximate surface area is 199 Å². The number of rotatable bonds is 10. The Kier molecular flexibility index (Phi) is 10.2. The first kappa shape index (κ1) is 25.6. The molecule has 0 spiro atoms. The molecule has 0 aliphatic rings. The summed E-state index contributed by atoms with van der Waals surface area (Å²) in [6, 6.07) is 11.0. The predicted molar refractivity (Wildman–Crippen MR) is 132 cm³/mol. The normalized spacial score (nSPS) is 11.8. The third-order valence-electron chi connectivity index (χ3n) is 4.88. The second kappa shape index (κ2) is 12.4. The number of amides is 2. The van der Waals surface area contributed by atoms with Crippen LogP contribution in [-0.4, -0.2) is 35.1 Å². The number of benzene rings is 2. The van der Waals surface area contributed by atoms with Crippen LogP contribution in [0.5, 0.6) is 0 Å². The summed E-state index contributed by atoms with van der Waals surface area (Å²) in [5, 5.41) is 3.83. The molecule has 168 valence electrons. The largest absolute Gasteiger partial charge is 0.354 e. The SMILES string of the molecule is CCCNC(=O)[C@@H](C)N(Cc1c(Cl)cccc1Cl)C(=O)CSCc1cc(C)cc(C)c1. The molecule has 2 aromatic carbocycles. The van der Waals surface area contributed by atoms with Gasteiger partial charge >= 0.3 is 0 Å². The van der Waals surface area contributed by atoms with Gasteiger partial charge in [-0.25, -0.2) is 0 Å². The van der Waals surface area contributed by atoms with Gasteiger partial charge in [0.2, 0.25) is 11.8 Å². The van der Waals surface area contributed by atoms with Crippen molar-refractivity contribution >= 4 is 46.8 Å². The zero-order chi connectivity index (χ0) is 23.0. The Morgan fingerprint density at radius 3 is 2.29 bits per heavy atom. The van der Waals surface area contributed by atoms with Crippen molar-refractivity contribution < 1.29 is 9.59 Å². The van der Waals surface area contributed by atoms with Crippen molar-refractivity contribution in [2.24, 2.45) is 0 Å². The smallest absolute Gasteiger partial charge is 0.242 e. The van der Waals surface area contributed by atoms with Gasteiger partial charge in [-0.3, -0.25) is 9.59 Å². The minimum atomic E-state index is -0.631. The molecule has 0 aliphatic carbocycles. The number of nitrogens with one attached hydrogen (secondary N) is 1. The highest BCUT2D eigenvalue weighted by Gasteiger charge is 2.27. The number of carbonyl (C=O) groups is 2. The molecule has 0 heterocycles. The van der Waals surface area contributed by atoms with Gasteiger partial charge in [0.15, 0.2) is 0 Å². The third-order valence-corrected chi connectivity index (χ3v) is 6.58. The van der Waals surface area contributed by atoms with E-state index in [1.54, 1.807) is 30.0 Å². The fourth-order valence-electron chi connectivity index (χ4n) is 3.32. The Bertz CT molecular complexity index is 880. The standard InChI is InChI=1S/C24H30Cl2N2O2S/c1-5-9-27-24(30)18(4)28(13-20-21(25)7-6-8-22(20)26)23(29)15-31-14-19-11-16(2)10-17(3)12-19/h6-8,10-12,18H,5,9,13-15H2,1-4H3,(H,27,30)/t18-/m1/s1. The highest BCUT2D eigenvalue weighted by Crippen LogP contribution is 2.27. The molecule has 0 aromatic heterocycles. The van der Waals surface area contributed by atoms with E-state index < -0.39 is 6.04 Å². The maximum atomic E-state index is 13.2. The van der Waals surface area contributed by atoms with E-state index in [4.69, 9.17) is 23.2 Å². The molecule has 1 atom stereocenters. The minimum Gasteiger partial charge on any atom is -0.354 e. The summed E-state index contributed by atoms with van der Waals surface area (Å²) in [6.45, 7) is 8.61. The van der Waals surface area contributed by atoms with E-state index >= 15 is 0 Å². The van der Waals surface area contributed by atoms with Crippen molar-refractivity contribution in [2.75, 3.05) is 12.3 Å². The molecule has 2 amide bonds. The zero-order valence-corrected chi connectivity index (χ0v) is 20.8. The number of carbonyl (C=O) groups excluding carboxylic acids is 2. The molecule has 7 heteroatoms. The second-order valence-electron chi connectivity index (χ2n) is 7.68. The van der Waals surface area contributed by atoms with Crippen molar-refractivity contribution in [1.82, 2.24) is 10.2 Å². The van der Waals surface area contributed by atoms with Crippen LogP contribution >= 0.6 is 35.0 Å². The van der Waals surface area contributed by atoms with Gasteiger partial charge in [-0.15, -0.1) is 11.8 Å². The van der Waals surface area contributed by atoms with Crippen LogP contribution in [0.4, 0.5) is 0 Å². The Morgan fingerprint density at radius 2 is 1.71 bits per heavy atom. The van der Waals surface area contributed by atoms with E-state index in [2.05, 4.69) is 37.4 Å². The Morgan fingerprint density at radius 1 is 1.10 bits per heavy atom. The molecule has 0 unspecified atom stereocenters. The van der Waals surface area contributed by atoms with E-state index in [9.17, 15) is 9.59 Å². The molecule has 0 radical (unpaired) electrons. The first-order valence-corrected chi connectivity index (χ1v) is 12.3. The van der Waals surface area contributed by atoms with Gasteiger partial charge in [-0.2, -0.15) is 0 Å². The molecule has 0 saturated heterocycles. The summed E-state index contributed by atoms with van der Waals surface area (Å²) in [6.07, 6.45) is 0.828. The molecule has 0 bridgehead atoms. The van der Waals surface area contributed by atoms with Crippen LogP contribution in [0.15, 0.2) is 36.4 Å². The van der Waals surface area contributed by atoms with Gasteiger partial charge in [0.1, 0.15) is 6.04 Å². The minimum absolute atomic E-state index is 0.121. The van der Waals surface area contributed by atoms with Crippen LogP contribution in [0.25, 0.3) is 0 Å². The quantitative estimate of drug-likeness (QED) is 0.468. The van der Waals surface area contributed by atoms with Crippen molar-refractivity contribution in [3.63, 3.8) is 0 Å². The molecule has 0 saturated carbocycles. The van der Waals surface area contributed by atoms with Crippen molar-refractivity contribution in [3.8, 4) is 0 Å². The maximum Gasteiger partial charge on any atom is 0.242 e. The summed E-state index contributed by atoms with van der Waals surface area (Å²) < 4.78 is 0. The number of hydrogen-bond acceptors (Lipinski definition) is 3. The van der Waals surface area contributed by atoms with E-state index in [0.717, 1.165) is 12.2 Å². The monoisotopic (exact) mass is 480 g/mol. The summed E-state index contributed by atoms with van der Waals surface area (Å²) in [7, 11) is 0. The predicted octanol–water partition coefficient (Wildman–Crippen LogP) is 5.79. The molecular formula is C24H30Cl2N2O2S. The van der Waals surface area contributed by atoms with Crippen LogP contribution in [-0.2, 0) is 21.9 Å². The number of aryl methyl sites for hydroxylation is 2. The van der Waals surface area contributed by atoms with Gasteiger partial charge in [0.05, 0.1) is 5.75 Å². The van der Waals surface area contributed by atoms with Crippen LogP contribution in [0.2, 0.25) is 10.0 Å². The van der Waals surface area contributed by atoms with Gasteiger partial charge < -0.3 is 10.2 Å². The van der Waals surface area contributed by atoms with Gasteiger partial charge in [0, 0.05) is 34.5 Å². The molecule has 0 aliphatic heterocycles. The average Bonchev–Trinajstić information content (AvgIpc) is 2.70. The molecule has 1 N–H and O–H groups in total. The maximum absolute atomic E-state index is 13.2. The molecule has 0 fully saturated rings. The number of halogens is 2. The summed E-state index contributed by atoms with van der Waals surface area (Å²) >= 11 is 14.2. The summed E-state index contributed by atoms with van der Waals surface area (Å²) in [4.78, 5) is 27.3. The van der Waals surface area contributed by atoms with Crippen molar-refractivity contribution in [3.05, 3.63) is 68.7 Å². The van der Waals surface area contributed by atoms with Crippen LogP contribution in [0.3, 0.4) is 0 Å². The molecular weight excluding hydrogens is 451 g/mol. The first-order valence-electron chi connectivity index (χ1n) is 10.4. The fourth-order valence-corrected chi connectivity index (χ4v) is 4.69. The van der Waals surface area contributed by atoms with Gasteiger partial charge in [-0.05, 0) is 44.9 Å². The highest BCUT2D eigenvalue weighted by molar-refractivity contribution is 7.99. The first-order chi connectivity index (χ1) is 14.7. The molecule has 2 aromatic rings. The summed E-state index contributed by atoms with van der Waals surface area (Å²) in [5.41, 5.74) is 4.25. The van der Waals surface area contributed by atoms with Crippen LogP contribution < -0.4 is 5.32 Å². The van der Waals surface area contributed by atoms with Crippen molar-refractivity contribution in [1.29, 1.82) is 0 Å². The highest BCUT2D eigenvalue weighted by atomic mass is 35.5. The van der Waals surface area contributed by atoms with Gasteiger partial charge in [-0.1, -0.05) is 65.5 Å². The zero-order valence-electron chi connectivity index (χ0n) is 18.5. The fraction of sp³-hybridized carbons (Fsp3) is 0.417. The van der Waals surface area contributed by atoms with Gasteiger partial charge in [0.25, 0.3) is 0 Å². The van der Waals surface area contributed by atoms with Crippen LogP contribution in [0, 0.1) is 13.8 Å². The Hall–Kier alpha value is -1.69. The molecule has 31 heavy (non-hydrogen) atoms. The second-order valence-corrected chi connectivity index (χ2v) is 9.48.